The zero-order valence-electron chi connectivity index (χ0n) is 19.0. The first kappa shape index (κ1) is 22.6. The molecule has 3 aromatic rings. The van der Waals surface area contributed by atoms with Crippen LogP contribution in [0.25, 0.3) is 11.3 Å². The van der Waals surface area contributed by atoms with E-state index in [2.05, 4.69) is 16.0 Å². The number of carbonyl (C=O) groups is 1. The van der Waals surface area contributed by atoms with E-state index in [-0.39, 0.29) is 5.91 Å². The fourth-order valence-corrected chi connectivity index (χ4v) is 4.40. The lowest BCUT2D eigenvalue weighted by Gasteiger charge is -2.37. The summed E-state index contributed by atoms with van der Waals surface area (Å²) in [5.74, 6) is -0.0368. The van der Waals surface area contributed by atoms with Gasteiger partial charge in [-0.25, -0.2) is 9.97 Å². The summed E-state index contributed by atoms with van der Waals surface area (Å²) in [7, 11) is 0. The number of aromatic nitrogens is 2. The summed E-state index contributed by atoms with van der Waals surface area (Å²) in [6.07, 6.45) is 5.03. The Kier molecular flexibility index (Phi) is 6.26. The van der Waals surface area contributed by atoms with Crippen LogP contribution in [0.2, 0.25) is 0 Å². The van der Waals surface area contributed by atoms with Crippen LogP contribution in [0.5, 0.6) is 0 Å². The van der Waals surface area contributed by atoms with Crippen molar-refractivity contribution in [2.24, 2.45) is 5.41 Å². The van der Waals surface area contributed by atoms with Gasteiger partial charge < -0.3 is 10.0 Å². The molecule has 33 heavy (non-hydrogen) atoms. The maximum atomic E-state index is 13.4. The highest BCUT2D eigenvalue weighted by atomic mass is 16.3. The zero-order valence-corrected chi connectivity index (χ0v) is 19.0. The summed E-state index contributed by atoms with van der Waals surface area (Å²) in [5, 5.41) is 20.2. The highest BCUT2D eigenvalue weighted by molar-refractivity contribution is 6.00. The van der Waals surface area contributed by atoms with Gasteiger partial charge >= 0.3 is 0 Å². The van der Waals surface area contributed by atoms with Gasteiger partial charge in [0.05, 0.1) is 22.8 Å². The lowest BCUT2D eigenvalue weighted by molar-refractivity contribution is 0.0648. The normalized spacial score (nSPS) is 15.6. The van der Waals surface area contributed by atoms with Crippen molar-refractivity contribution < 1.29 is 9.90 Å². The number of amides is 1. The molecule has 168 valence electrons. The molecule has 1 amide bonds. The van der Waals surface area contributed by atoms with Gasteiger partial charge in [-0.2, -0.15) is 5.26 Å². The molecule has 0 spiro atoms. The Bertz CT molecular complexity index is 1150. The van der Waals surface area contributed by atoms with E-state index in [1.54, 1.807) is 26.1 Å². The SMILES string of the molecule is CC(C)(O)c1ccc(CC2(C#N)CCN(C(=O)c3ccccc3-c3ccncn3)CC2)cc1. The molecule has 1 aromatic heterocycles. The van der Waals surface area contributed by atoms with Crippen LogP contribution in [0, 0.1) is 16.7 Å². The van der Waals surface area contributed by atoms with Gasteiger partial charge in [0, 0.05) is 30.4 Å². The van der Waals surface area contributed by atoms with Crippen LogP contribution in [0.4, 0.5) is 0 Å². The fraction of sp³-hybridized carbons (Fsp3) is 0.333. The molecule has 0 saturated carbocycles. The van der Waals surface area contributed by atoms with E-state index in [4.69, 9.17) is 0 Å². The van der Waals surface area contributed by atoms with Crippen LogP contribution in [0.3, 0.4) is 0 Å². The lowest BCUT2D eigenvalue weighted by atomic mass is 9.74. The van der Waals surface area contributed by atoms with Gasteiger partial charge in [-0.05, 0) is 56.4 Å². The van der Waals surface area contributed by atoms with E-state index in [0.29, 0.717) is 43.6 Å². The Morgan fingerprint density at radius 2 is 1.82 bits per heavy atom. The quantitative estimate of drug-likeness (QED) is 0.637. The molecule has 6 heteroatoms. The fourth-order valence-electron chi connectivity index (χ4n) is 4.40. The molecule has 1 fully saturated rings. The van der Waals surface area contributed by atoms with E-state index in [0.717, 1.165) is 16.7 Å². The molecular weight excluding hydrogens is 412 g/mol. The van der Waals surface area contributed by atoms with Crippen LogP contribution in [0.15, 0.2) is 67.1 Å². The number of nitrogens with zero attached hydrogens (tertiary/aromatic N) is 4. The van der Waals surface area contributed by atoms with Crippen LogP contribution in [0.1, 0.15) is 48.2 Å². The highest BCUT2D eigenvalue weighted by Crippen LogP contribution is 2.36. The predicted molar refractivity (Wildman–Crippen MR) is 126 cm³/mol. The standard InChI is InChI=1S/C27H28N4O2/c1-26(2,33)21-9-7-20(8-10-21)17-27(18-28)12-15-31(16-13-27)25(32)23-6-4-3-5-22(23)24-11-14-29-19-30-24/h3-11,14,19,33H,12-13,15-17H2,1-2H3. The van der Waals surface area contributed by atoms with Crippen molar-refractivity contribution in [2.45, 2.75) is 38.7 Å². The van der Waals surface area contributed by atoms with Crippen molar-refractivity contribution in [2.75, 3.05) is 13.1 Å². The molecule has 1 aliphatic rings. The third-order valence-electron chi connectivity index (χ3n) is 6.46. The van der Waals surface area contributed by atoms with Crippen LogP contribution in [-0.4, -0.2) is 39.0 Å². The largest absolute Gasteiger partial charge is 0.386 e. The number of nitriles is 1. The topological polar surface area (TPSA) is 90.1 Å². The minimum atomic E-state index is -0.890. The number of piperidine rings is 1. The van der Waals surface area contributed by atoms with Gasteiger partial charge in [-0.1, -0.05) is 42.5 Å². The van der Waals surface area contributed by atoms with E-state index in [9.17, 15) is 15.2 Å². The summed E-state index contributed by atoms with van der Waals surface area (Å²) in [4.78, 5) is 23.5. The first-order valence-corrected chi connectivity index (χ1v) is 11.2. The van der Waals surface area contributed by atoms with Crippen molar-refractivity contribution in [3.63, 3.8) is 0 Å². The minimum Gasteiger partial charge on any atom is -0.386 e. The van der Waals surface area contributed by atoms with Crippen LogP contribution >= 0.6 is 0 Å². The molecular formula is C27H28N4O2. The monoisotopic (exact) mass is 440 g/mol. The molecule has 1 saturated heterocycles. The number of aliphatic hydroxyl groups is 1. The van der Waals surface area contributed by atoms with Crippen LogP contribution < -0.4 is 0 Å². The third-order valence-corrected chi connectivity index (χ3v) is 6.46. The molecule has 1 N–H and O–H groups in total. The van der Waals surface area contributed by atoms with Crippen molar-refractivity contribution in [1.29, 1.82) is 5.26 Å². The molecule has 0 bridgehead atoms. The van der Waals surface area contributed by atoms with Crippen LogP contribution in [-0.2, 0) is 12.0 Å². The van der Waals surface area contributed by atoms with E-state index in [1.165, 1.54) is 6.33 Å². The van der Waals surface area contributed by atoms with E-state index >= 15 is 0 Å². The molecule has 0 radical (unpaired) electrons. The van der Waals surface area contributed by atoms with Gasteiger partial charge in [0.2, 0.25) is 0 Å². The summed E-state index contributed by atoms with van der Waals surface area (Å²) in [6.45, 7) is 4.58. The number of benzene rings is 2. The molecule has 2 aromatic carbocycles. The van der Waals surface area contributed by atoms with E-state index < -0.39 is 11.0 Å². The van der Waals surface area contributed by atoms with Gasteiger partial charge in [0.25, 0.3) is 5.91 Å². The predicted octanol–water partition coefficient (Wildman–Crippen LogP) is 4.36. The average Bonchev–Trinajstić information content (AvgIpc) is 2.84. The van der Waals surface area contributed by atoms with Crippen molar-refractivity contribution in [3.05, 3.63) is 83.8 Å². The van der Waals surface area contributed by atoms with Crippen molar-refractivity contribution in [3.8, 4) is 17.3 Å². The summed E-state index contributed by atoms with van der Waals surface area (Å²) in [5.41, 5.74) is 2.64. The number of hydrogen-bond acceptors (Lipinski definition) is 5. The Labute approximate surface area is 194 Å². The second kappa shape index (κ2) is 9.13. The number of rotatable bonds is 5. The second-order valence-corrected chi connectivity index (χ2v) is 9.26. The Balaban J connectivity index is 1.47. The summed E-state index contributed by atoms with van der Waals surface area (Å²) in [6, 6.07) is 19.6. The lowest BCUT2D eigenvalue weighted by Crippen LogP contribution is -2.43. The summed E-state index contributed by atoms with van der Waals surface area (Å²) >= 11 is 0. The maximum Gasteiger partial charge on any atom is 0.254 e. The second-order valence-electron chi connectivity index (χ2n) is 9.26. The highest BCUT2D eigenvalue weighted by Gasteiger charge is 2.37. The molecule has 2 heterocycles. The van der Waals surface area contributed by atoms with Gasteiger partial charge in [-0.15, -0.1) is 0 Å². The Morgan fingerprint density at radius 1 is 1.12 bits per heavy atom. The van der Waals surface area contributed by atoms with Gasteiger partial charge in [0.15, 0.2) is 0 Å². The molecule has 6 nitrogen and oxygen atoms in total. The minimum absolute atomic E-state index is 0.0368. The Morgan fingerprint density at radius 3 is 2.42 bits per heavy atom. The molecule has 0 aliphatic carbocycles. The average molecular weight is 441 g/mol. The van der Waals surface area contributed by atoms with Crippen molar-refractivity contribution in [1.82, 2.24) is 14.9 Å². The molecule has 4 rings (SSSR count). The molecule has 0 atom stereocenters. The number of likely N-dealkylation sites (tertiary alicyclic amines) is 1. The first-order chi connectivity index (χ1) is 15.8. The summed E-state index contributed by atoms with van der Waals surface area (Å²) < 4.78 is 0. The van der Waals surface area contributed by atoms with Gasteiger partial charge in [0.1, 0.15) is 6.33 Å². The number of hydrogen-bond donors (Lipinski definition) is 1. The molecule has 1 aliphatic heterocycles. The van der Waals surface area contributed by atoms with Crippen molar-refractivity contribution >= 4 is 5.91 Å². The smallest absolute Gasteiger partial charge is 0.254 e. The third kappa shape index (κ3) is 4.94. The van der Waals surface area contributed by atoms with Gasteiger partial charge in [-0.3, -0.25) is 4.79 Å². The first-order valence-electron chi connectivity index (χ1n) is 11.2. The molecule has 0 unspecified atom stereocenters. The zero-order chi connectivity index (χ0) is 23.5. The Hall–Kier alpha value is -3.56. The number of carbonyl (C=O) groups excluding carboxylic acids is 1. The van der Waals surface area contributed by atoms with E-state index in [1.807, 2.05) is 53.4 Å². The maximum absolute atomic E-state index is 13.4.